The maximum atomic E-state index is 12.3. The number of carbonyl (C=O) groups is 2. The van der Waals surface area contributed by atoms with Crippen molar-refractivity contribution in [2.24, 2.45) is 11.8 Å². The molecule has 2 aliphatic rings. The van der Waals surface area contributed by atoms with Gasteiger partial charge in [0.05, 0.1) is 5.92 Å². The molecule has 4 nitrogen and oxygen atoms in total. The molecule has 110 valence electrons. The van der Waals surface area contributed by atoms with Gasteiger partial charge in [-0.1, -0.05) is 36.4 Å². The van der Waals surface area contributed by atoms with Crippen molar-refractivity contribution in [2.45, 2.75) is 31.7 Å². The molecule has 4 heteroatoms. The predicted octanol–water partition coefficient (Wildman–Crippen LogP) is 1.94. The summed E-state index contributed by atoms with van der Waals surface area (Å²) in [5.74, 6) is -1.25. The van der Waals surface area contributed by atoms with Gasteiger partial charge in [-0.05, 0) is 36.8 Å². The summed E-state index contributed by atoms with van der Waals surface area (Å²) in [6.07, 6.45) is 6.51. The van der Waals surface area contributed by atoms with Crippen molar-refractivity contribution in [2.75, 3.05) is 0 Å². The van der Waals surface area contributed by atoms with E-state index in [1.807, 2.05) is 12.1 Å². The number of carbonyl (C=O) groups excluding carboxylic acids is 1. The van der Waals surface area contributed by atoms with Crippen LogP contribution in [0.15, 0.2) is 36.4 Å². The number of hydrogen-bond acceptors (Lipinski definition) is 2. The molecular formula is C17H19NO3. The lowest BCUT2D eigenvalue weighted by Crippen LogP contribution is -2.39. The van der Waals surface area contributed by atoms with Crippen molar-refractivity contribution in [3.05, 3.63) is 47.5 Å². The number of aryl methyl sites for hydroxylation is 1. The number of fused-ring (bicyclic) bond motifs is 1. The number of amides is 1. The van der Waals surface area contributed by atoms with Gasteiger partial charge >= 0.3 is 5.97 Å². The summed E-state index contributed by atoms with van der Waals surface area (Å²) in [6.45, 7) is 0. The Hall–Kier alpha value is -2.10. The summed E-state index contributed by atoms with van der Waals surface area (Å²) < 4.78 is 0. The fourth-order valence-corrected chi connectivity index (χ4v) is 3.21. The van der Waals surface area contributed by atoms with Crippen LogP contribution in [0, 0.1) is 11.8 Å². The van der Waals surface area contributed by atoms with Crippen LogP contribution in [0.1, 0.15) is 24.0 Å². The number of carboxylic acids is 1. The van der Waals surface area contributed by atoms with E-state index in [9.17, 15) is 9.59 Å². The molecule has 3 rings (SSSR count). The molecule has 1 aromatic rings. The van der Waals surface area contributed by atoms with Crippen molar-refractivity contribution in [3.8, 4) is 0 Å². The van der Waals surface area contributed by atoms with E-state index in [2.05, 4.69) is 17.4 Å². The van der Waals surface area contributed by atoms with Gasteiger partial charge in [-0.2, -0.15) is 0 Å². The topological polar surface area (TPSA) is 66.4 Å². The average molecular weight is 285 g/mol. The van der Waals surface area contributed by atoms with Gasteiger partial charge in [-0.25, -0.2) is 0 Å². The number of rotatable bonds is 3. The van der Waals surface area contributed by atoms with E-state index in [4.69, 9.17) is 5.11 Å². The quantitative estimate of drug-likeness (QED) is 0.834. The summed E-state index contributed by atoms with van der Waals surface area (Å²) in [5.41, 5.74) is 2.60. The largest absolute Gasteiger partial charge is 0.481 e. The van der Waals surface area contributed by atoms with Crippen LogP contribution in [-0.2, 0) is 22.4 Å². The first kappa shape index (κ1) is 13.9. The maximum absolute atomic E-state index is 12.3. The van der Waals surface area contributed by atoms with Crippen LogP contribution in [0.25, 0.3) is 0 Å². The predicted molar refractivity (Wildman–Crippen MR) is 78.8 cm³/mol. The smallest absolute Gasteiger partial charge is 0.310 e. The minimum atomic E-state index is -0.824. The first-order valence-electron chi connectivity index (χ1n) is 7.42. The van der Waals surface area contributed by atoms with Crippen molar-refractivity contribution in [1.29, 1.82) is 0 Å². The normalized spacial score (nSPS) is 27.1. The van der Waals surface area contributed by atoms with Crippen LogP contribution in [0.2, 0.25) is 0 Å². The lowest BCUT2D eigenvalue weighted by Gasteiger charge is -2.25. The van der Waals surface area contributed by atoms with E-state index >= 15 is 0 Å². The van der Waals surface area contributed by atoms with Gasteiger partial charge < -0.3 is 10.4 Å². The number of hydrogen-bond donors (Lipinski definition) is 2. The van der Waals surface area contributed by atoms with E-state index < -0.39 is 11.9 Å². The first-order chi connectivity index (χ1) is 10.1. The zero-order chi connectivity index (χ0) is 14.8. The highest BCUT2D eigenvalue weighted by atomic mass is 16.4. The molecule has 0 saturated heterocycles. The number of nitrogens with one attached hydrogen (secondary N) is 1. The van der Waals surface area contributed by atoms with Gasteiger partial charge in [0.15, 0.2) is 0 Å². The van der Waals surface area contributed by atoms with Gasteiger partial charge in [-0.3, -0.25) is 9.59 Å². The highest BCUT2D eigenvalue weighted by molar-refractivity contribution is 5.80. The number of carboxylic acid groups (broad SMARTS) is 1. The molecule has 0 aliphatic heterocycles. The summed E-state index contributed by atoms with van der Waals surface area (Å²) in [7, 11) is 0. The standard InChI is InChI=1S/C17H19NO3/c19-16(18-15-8-7-14(10-15)17(20)21)13-6-5-11-3-1-2-4-12(11)9-13/h1-4,7-8,13-15H,5-6,9-10H2,(H,18,19)(H,20,21). The van der Waals surface area contributed by atoms with E-state index in [1.165, 1.54) is 11.1 Å². The van der Waals surface area contributed by atoms with Crippen LogP contribution in [0.4, 0.5) is 0 Å². The fraction of sp³-hybridized carbons (Fsp3) is 0.412. The average Bonchev–Trinajstić information content (AvgIpc) is 2.95. The Morgan fingerprint density at radius 2 is 1.90 bits per heavy atom. The van der Waals surface area contributed by atoms with Crippen LogP contribution in [0.3, 0.4) is 0 Å². The Morgan fingerprint density at radius 1 is 1.14 bits per heavy atom. The highest BCUT2D eigenvalue weighted by Crippen LogP contribution is 2.26. The number of aliphatic carboxylic acids is 1. The molecule has 0 spiro atoms. The van der Waals surface area contributed by atoms with Crippen LogP contribution < -0.4 is 5.32 Å². The van der Waals surface area contributed by atoms with Crippen LogP contribution in [0.5, 0.6) is 0 Å². The fourth-order valence-electron chi connectivity index (χ4n) is 3.21. The molecule has 0 fully saturated rings. The highest BCUT2D eigenvalue weighted by Gasteiger charge is 2.29. The molecule has 21 heavy (non-hydrogen) atoms. The number of benzene rings is 1. The molecule has 2 N–H and O–H groups in total. The van der Waals surface area contributed by atoms with Gasteiger partial charge in [0.1, 0.15) is 0 Å². The van der Waals surface area contributed by atoms with E-state index in [0.717, 1.165) is 19.3 Å². The minimum absolute atomic E-state index is 0.00261. The van der Waals surface area contributed by atoms with Gasteiger partial charge in [0.2, 0.25) is 5.91 Å². The molecule has 0 bridgehead atoms. The van der Waals surface area contributed by atoms with Crippen molar-refractivity contribution < 1.29 is 14.7 Å². The van der Waals surface area contributed by atoms with Crippen molar-refractivity contribution in [1.82, 2.24) is 5.32 Å². The zero-order valence-electron chi connectivity index (χ0n) is 11.8. The Kier molecular flexibility index (Phi) is 3.78. The Labute approximate surface area is 123 Å². The molecule has 1 amide bonds. The van der Waals surface area contributed by atoms with E-state index in [1.54, 1.807) is 12.2 Å². The summed E-state index contributed by atoms with van der Waals surface area (Å²) >= 11 is 0. The second-order valence-electron chi connectivity index (χ2n) is 5.89. The molecule has 0 heterocycles. The molecule has 2 aliphatic carbocycles. The van der Waals surface area contributed by atoms with Crippen LogP contribution >= 0.6 is 0 Å². The SMILES string of the molecule is O=C(O)C1C=CC(NC(=O)C2CCc3ccccc3C2)C1. The molecule has 0 radical (unpaired) electrons. The second-order valence-corrected chi connectivity index (χ2v) is 5.89. The lowest BCUT2D eigenvalue weighted by molar-refractivity contribution is -0.140. The Bertz CT molecular complexity index is 593. The lowest BCUT2D eigenvalue weighted by atomic mass is 9.83. The summed E-state index contributed by atoms with van der Waals surface area (Å²) in [4.78, 5) is 23.3. The maximum Gasteiger partial charge on any atom is 0.310 e. The molecule has 0 saturated carbocycles. The third kappa shape index (κ3) is 2.99. The molecule has 3 unspecified atom stereocenters. The monoisotopic (exact) mass is 285 g/mol. The summed E-state index contributed by atoms with van der Waals surface area (Å²) in [5, 5.41) is 11.9. The Balaban J connectivity index is 1.58. The Morgan fingerprint density at radius 3 is 2.62 bits per heavy atom. The van der Waals surface area contributed by atoms with E-state index in [-0.39, 0.29) is 17.9 Å². The van der Waals surface area contributed by atoms with Crippen molar-refractivity contribution in [3.63, 3.8) is 0 Å². The molecule has 3 atom stereocenters. The minimum Gasteiger partial charge on any atom is -0.481 e. The van der Waals surface area contributed by atoms with Crippen molar-refractivity contribution >= 4 is 11.9 Å². The van der Waals surface area contributed by atoms with E-state index in [0.29, 0.717) is 6.42 Å². The van der Waals surface area contributed by atoms with Crippen LogP contribution in [-0.4, -0.2) is 23.0 Å². The van der Waals surface area contributed by atoms with Gasteiger partial charge in [-0.15, -0.1) is 0 Å². The third-order valence-corrected chi connectivity index (χ3v) is 4.45. The molecule has 1 aromatic carbocycles. The second kappa shape index (κ2) is 5.72. The first-order valence-corrected chi connectivity index (χ1v) is 7.42. The van der Waals surface area contributed by atoms with Gasteiger partial charge in [0, 0.05) is 12.0 Å². The molecule has 0 aromatic heterocycles. The molecular weight excluding hydrogens is 266 g/mol. The van der Waals surface area contributed by atoms with Gasteiger partial charge in [0.25, 0.3) is 0 Å². The summed E-state index contributed by atoms with van der Waals surface area (Å²) in [6, 6.07) is 8.12. The zero-order valence-corrected chi connectivity index (χ0v) is 11.8. The third-order valence-electron chi connectivity index (χ3n) is 4.45.